The van der Waals surface area contributed by atoms with Crippen molar-refractivity contribution in [3.63, 3.8) is 0 Å². The van der Waals surface area contributed by atoms with Crippen molar-refractivity contribution in [2.45, 2.75) is 31.2 Å². The molecule has 152 valence electrons. The van der Waals surface area contributed by atoms with Gasteiger partial charge in [0.25, 0.3) is 5.56 Å². The summed E-state index contributed by atoms with van der Waals surface area (Å²) in [5.74, 6) is 0.408. The van der Waals surface area contributed by atoms with Gasteiger partial charge in [0.15, 0.2) is 5.16 Å². The number of nitrogens with one attached hydrogen (secondary N) is 1. The Morgan fingerprint density at radius 2 is 1.97 bits per heavy atom. The van der Waals surface area contributed by atoms with Crippen molar-refractivity contribution in [1.29, 1.82) is 0 Å². The molecule has 0 atom stereocenters. The van der Waals surface area contributed by atoms with Crippen LogP contribution in [0.5, 0.6) is 0 Å². The average molecular weight is 422 g/mol. The largest absolute Gasteiger partial charge is 0.350 e. The molecule has 6 nitrogen and oxygen atoms in total. The van der Waals surface area contributed by atoms with Gasteiger partial charge in [0, 0.05) is 24.2 Å². The number of amides is 1. The number of hydrogen-bond donors (Lipinski definition) is 1. The summed E-state index contributed by atoms with van der Waals surface area (Å²) in [6, 6.07) is 13.6. The molecule has 3 heterocycles. The Morgan fingerprint density at radius 1 is 1.17 bits per heavy atom. The number of para-hydroxylation sites is 1. The lowest BCUT2D eigenvalue weighted by molar-refractivity contribution is -0.121. The minimum absolute atomic E-state index is 0.00855. The SMILES string of the molecule is O=C(Cn1c2ccccc2c2nc3n(c(=O)c21)CCCS3)NCc1ccc(F)cc1. The van der Waals surface area contributed by atoms with E-state index in [1.54, 1.807) is 33.0 Å². The van der Waals surface area contributed by atoms with Gasteiger partial charge in [-0.1, -0.05) is 42.1 Å². The third kappa shape index (κ3) is 3.27. The van der Waals surface area contributed by atoms with Gasteiger partial charge in [0.05, 0.1) is 5.52 Å². The minimum atomic E-state index is -0.315. The van der Waals surface area contributed by atoms with Crippen LogP contribution in [0.2, 0.25) is 0 Å². The number of rotatable bonds is 4. The Balaban J connectivity index is 1.53. The van der Waals surface area contributed by atoms with Gasteiger partial charge in [-0.25, -0.2) is 9.37 Å². The fraction of sp³-hybridized carbons (Fsp3) is 0.227. The molecule has 1 aliphatic rings. The quantitative estimate of drug-likeness (QED) is 0.513. The average Bonchev–Trinajstić information content (AvgIpc) is 3.07. The van der Waals surface area contributed by atoms with Crippen LogP contribution in [0.15, 0.2) is 58.5 Å². The second-order valence-corrected chi connectivity index (χ2v) is 8.32. The molecule has 0 aliphatic carbocycles. The van der Waals surface area contributed by atoms with E-state index in [-0.39, 0.29) is 23.8 Å². The van der Waals surface area contributed by atoms with Crippen molar-refractivity contribution in [3.8, 4) is 0 Å². The Morgan fingerprint density at radius 3 is 2.80 bits per heavy atom. The first-order valence-electron chi connectivity index (χ1n) is 9.77. The lowest BCUT2D eigenvalue weighted by Gasteiger charge is -2.17. The monoisotopic (exact) mass is 422 g/mol. The molecule has 0 fully saturated rings. The first kappa shape index (κ1) is 18.9. The van der Waals surface area contributed by atoms with Gasteiger partial charge in [0.2, 0.25) is 5.91 Å². The highest BCUT2D eigenvalue weighted by Crippen LogP contribution is 2.29. The van der Waals surface area contributed by atoms with Crippen LogP contribution in [0.4, 0.5) is 4.39 Å². The van der Waals surface area contributed by atoms with Crippen LogP contribution in [0, 0.1) is 5.82 Å². The number of fused-ring (bicyclic) bond motifs is 4. The normalized spacial score (nSPS) is 13.5. The van der Waals surface area contributed by atoms with E-state index in [0.717, 1.165) is 33.8 Å². The predicted octanol–water partition coefficient (Wildman–Crippen LogP) is 3.30. The molecule has 30 heavy (non-hydrogen) atoms. The zero-order valence-corrected chi connectivity index (χ0v) is 16.9. The molecular weight excluding hydrogens is 403 g/mol. The third-order valence-electron chi connectivity index (χ3n) is 5.29. The number of carbonyl (C=O) groups excluding carboxylic acids is 1. The van der Waals surface area contributed by atoms with Gasteiger partial charge in [-0.3, -0.25) is 14.2 Å². The summed E-state index contributed by atoms with van der Waals surface area (Å²) in [7, 11) is 0. The van der Waals surface area contributed by atoms with Gasteiger partial charge in [-0.2, -0.15) is 0 Å². The van der Waals surface area contributed by atoms with Gasteiger partial charge in [-0.05, 0) is 30.2 Å². The Kier molecular flexibility index (Phi) is 4.78. The number of carbonyl (C=O) groups is 1. The zero-order chi connectivity index (χ0) is 20.7. The first-order valence-corrected chi connectivity index (χ1v) is 10.8. The molecule has 1 aliphatic heterocycles. The Hall–Kier alpha value is -3.13. The smallest absolute Gasteiger partial charge is 0.278 e. The Labute approximate surface area is 175 Å². The van der Waals surface area contributed by atoms with Crippen molar-refractivity contribution in [2.24, 2.45) is 0 Å². The van der Waals surface area contributed by atoms with E-state index >= 15 is 0 Å². The lowest BCUT2D eigenvalue weighted by atomic mass is 10.2. The van der Waals surface area contributed by atoms with Crippen molar-refractivity contribution in [1.82, 2.24) is 19.4 Å². The van der Waals surface area contributed by atoms with Crippen molar-refractivity contribution < 1.29 is 9.18 Å². The lowest BCUT2D eigenvalue weighted by Crippen LogP contribution is -2.30. The maximum absolute atomic E-state index is 13.3. The van der Waals surface area contributed by atoms with Crippen LogP contribution in [0.3, 0.4) is 0 Å². The zero-order valence-electron chi connectivity index (χ0n) is 16.1. The molecule has 0 bridgehead atoms. The predicted molar refractivity (Wildman–Crippen MR) is 115 cm³/mol. The minimum Gasteiger partial charge on any atom is -0.350 e. The van der Waals surface area contributed by atoms with Crippen molar-refractivity contribution in [3.05, 3.63) is 70.3 Å². The molecule has 1 amide bonds. The molecule has 0 unspecified atom stereocenters. The van der Waals surface area contributed by atoms with Crippen LogP contribution in [-0.4, -0.2) is 25.8 Å². The molecule has 0 saturated heterocycles. The fourth-order valence-corrected chi connectivity index (χ4v) is 4.79. The van der Waals surface area contributed by atoms with Gasteiger partial charge in [0.1, 0.15) is 23.4 Å². The maximum Gasteiger partial charge on any atom is 0.278 e. The summed E-state index contributed by atoms with van der Waals surface area (Å²) in [5.41, 5.74) is 2.61. The molecule has 8 heteroatoms. The number of thioether (sulfide) groups is 1. The van der Waals surface area contributed by atoms with E-state index in [0.29, 0.717) is 24.1 Å². The molecule has 4 aromatic rings. The summed E-state index contributed by atoms with van der Waals surface area (Å²) < 4.78 is 16.5. The topological polar surface area (TPSA) is 68.9 Å². The van der Waals surface area contributed by atoms with Gasteiger partial charge < -0.3 is 9.88 Å². The standard InChI is InChI=1S/C22H19FN4O2S/c23-15-8-6-14(7-9-15)12-24-18(28)13-27-17-5-2-1-4-16(17)19-20(27)21(29)26-10-3-11-30-22(26)25-19/h1-2,4-9H,3,10-13H2,(H,24,28). The van der Waals surface area contributed by atoms with E-state index in [1.165, 1.54) is 12.1 Å². The molecule has 1 N–H and O–H groups in total. The number of benzene rings is 2. The van der Waals surface area contributed by atoms with Crippen LogP contribution < -0.4 is 10.9 Å². The maximum atomic E-state index is 13.3. The van der Waals surface area contributed by atoms with Gasteiger partial charge >= 0.3 is 0 Å². The van der Waals surface area contributed by atoms with Crippen LogP contribution in [0.25, 0.3) is 21.9 Å². The number of hydrogen-bond acceptors (Lipinski definition) is 4. The summed E-state index contributed by atoms with van der Waals surface area (Å²) in [4.78, 5) is 30.7. The third-order valence-corrected chi connectivity index (χ3v) is 6.35. The van der Waals surface area contributed by atoms with Crippen LogP contribution in [-0.2, 0) is 24.4 Å². The highest BCUT2D eigenvalue weighted by molar-refractivity contribution is 7.99. The number of halogens is 1. The highest BCUT2D eigenvalue weighted by Gasteiger charge is 2.22. The highest BCUT2D eigenvalue weighted by atomic mass is 32.2. The molecular formula is C22H19FN4O2S. The molecule has 2 aromatic carbocycles. The molecule has 0 saturated carbocycles. The summed E-state index contributed by atoms with van der Waals surface area (Å²) in [6.45, 7) is 0.941. The van der Waals surface area contributed by atoms with Crippen LogP contribution >= 0.6 is 11.8 Å². The molecule has 0 radical (unpaired) electrons. The Bertz CT molecular complexity index is 1330. The van der Waals surface area contributed by atoms with E-state index in [4.69, 9.17) is 4.98 Å². The second kappa shape index (κ2) is 7.60. The van der Waals surface area contributed by atoms with Crippen molar-refractivity contribution in [2.75, 3.05) is 5.75 Å². The summed E-state index contributed by atoms with van der Waals surface area (Å²) in [6.07, 6.45) is 0.920. The second-order valence-electron chi connectivity index (χ2n) is 7.26. The molecule has 5 rings (SSSR count). The van der Waals surface area contributed by atoms with E-state index in [1.807, 2.05) is 24.3 Å². The summed E-state index contributed by atoms with van der Waals surface area (Å²) >= 11 is 1.59. The molecule has 0 spiro atoms. The van der Waals surface area contributed by atoms with E-state index in [9.17, 15) is 14.0 Å². The summed E-state index contributed by atoms with van der Waals surface area (Å²) in [5, 5.41) is 4.46. The van der Waals surface area contributed by atoms with Crippen LogP contribution in [0.1, 0.15) is 12.0 Å². The fourth-order valence-electron chi connectivity index (χ4n) is 3.85. The van der Waals surface area contributed by atoms with Gasteiger partial charge in [-0.15, -0.1) is 0 Å². The number of nitrogens with zero attached hydrogens (tertiary/aromatic N) is 3. The first-order chi connectivity index (χ1) is 14.6. The van der Waals surface area contributed by atoms with Crippen molar-refractivity contribution >= 4 is 39.6 Å². The molecule has 2 aromatic heterocycles. The van der Waals surface area contributed by atoms with E-state index < -0.39 is 0 Å². The van der Waals surface area contributed by atoms with E-state index in [2.05, 4.69) is 5.32 Å². The number of aromatic nitrogens is 3.